The Hall–Kier alpha value is -1.50. The molecule has 0 bridgehead atoms. The minimum absolute atomic E-state index is 0.328. The lowest BCUT2D eigenvalue weighted by atomic mass is 10.1. The first-order valence-electron chi connectivity index (χ1n) is 4.48. The fraction of sp³-hybridized carbons (Fsp3) is 0.111. The molecule has 0 saturated heterocycles. The Morgan fingerprint density at radius 2 is 2.31 bits per heavy atom. The quantitative estimate of drug-likeness (QED) is 0.556. The molecule has 1 heterocycles. The summed E-state index contributed by atoms with van der Waals surface area (Å²) in [7, 11) is 0. The Kier molecular flexibility index (Phi) is 3.14. The molecule has 0 fully saturated rings. The first kappa shape index (κ1) is 11.0. The Morgan fingerprint density at radius 1 is 1.50 bits per heavy atom. The van der Waals surface area contributed by atoms with Crippen LogP contribution in [0.25, 0.3) is 0 Å². The molecule has 4 N–H and O–H groups in total. The maximum Gasteiger partial charge on any atom is 0.147 e. The van der Waals surface area contributed by atoms with Gasteiger partial charge in [-0.25, -0.2) is 14.8 Å². The Labute approximate surface area is 95.8 Å². The molecule has 0 spiro atoms. The van der Waals surface area contributed by atoms with Gasteiger partial charge >= 0.3 is 0 Å². The summed E-state index contributed by atoms with van der Waals surface area (Å²) in [6.45, 7) is 0. The largest absolute Gasteiger partial charge is 0.270 e. The first-order chi connectivity index (χ1) is 7.72. The van der Waals surface area contributed by atoms with Crippen molar-refractivity contribution in [3.05, 3.63) is 46.8 Å². The van der Waals surface area contributed by atoms with E-state index in [0.29, 0.717) is 16.4 Å². The minimum atomic E-state index is -0.584. The molecule has 1 aromatic heterocycles. The predicted molar refractivity (Wildman–Crippen MR) is 57.0 cm³/mol. The molecule has 1 atom stereocenters. The van der Waals surface area contributed by atoms with Crippen LogP contribution >= 0.6 is 11.6 Å². The topological polar surface area (TPSA) is 79.6 Å². The highest BCUT2D eigenvalue weighted by Gasteiger charge is 2.19. The minimum Gasteiger partial charge on any atom is -0.270 e. The number of aromatic amines is 1. The molecule has 84 valence electrons. The zero-order valence-electron chi connectivity index (χ0n) is 8.11. The normalized spacial score (nSPS) is 12.7. The first-order valence-corrected chi connectivity index (χ1v) is 4.86. The number of hydrogen-bond donors (Lipinski definition) is 3. The molecule has 7 heteroatoms. The second-order valence-corrected chi connectivity index (χ2v) is 3.57. The van der Waals surface area contributed by atoms with Gasteiger partial charge in [0.2, 0.25) is 0 Å². The summed E-state index contributed by atoms with van der Waals surface area (Å²) in [5.41, 5.74) is 2.81. The molecular weight excluding hydrogens is 233 g/mol. The van der Waals surface area contributed by atoms with Crippen LogP contribution in [0.4, 0.5) is 4.39 Å². The standard InChI is InChI=1S/C9H9ClFN5/c10-5-1-2-6(7(11)3-5)8(15-12)9-13-4-14-16-9/h1-4,8,15H,12H2,(H,13,14,16). The fourth-order valence-electron chi connectivity index (χ4n) is 1.41. The summed E-state index contributed by atoms with van der Waals surface area (Å²) in [4.78, 5) is 3.92. The van der Waals surface area contributed by atoms with Gasteiger partial charge in [-0.3, -0.25) is 10.9 Å². The van der Waals surface area contributed by atoms with Gasteiger partial charge in [0.05, 0.1) is 0 Å². The van der Waals surface area contributed by atoms with Crippen molar-refractivity contribution < 1.29 is 4.39 Å². The Balaban J connectivity index is 2.41. The summed E-state index contributed by atoms with van der Waals surface area (Å²) >= 11 is 5.66. The van der Waals surface area contributed by atoms with E-state index in [2.05, 4.69) is 20.6 Å². The Bertz CT molecular complexity index is 473. The lowest BCUT2D eigenvalue weighted by Crippen LogP contribution is -2.30. The molecule has 0 aliphatic heterocycles. The molecule has 1 unspecified atom stereocenters. The van der Waals surface area contributed by atoms with Crippen LogP contribution in [0.15, 0.2) is 24.5 Å². The third-order valence-corrected chi connectivity index (χ3v) is 2.38. The van der Waals surface area contributed by atoms with E-state index in [1.54, 1.807) is 12.1 Å². The number of hydrazine groups is 1. The van der Waals surface area contributed by atoms with Gasteiger partial charge in [0.15, 0.2) is 0 Å². The molecule has 2 rings (SSSR count). The van der Waals surface area contributed by atoms with Gasteiger partial charge in [0.1, 0.15) is 24.0 Å². The molecule has 0 aliphatic carbocycles. The van der Waals surface area contributed by atoms with Gasteiger partial charge < -0.3 is 0 Å². The van der Waals surface area contributed by atoms with E-state index in [4.69, 9.17) is 17.4 Å². The van der Waals surface area contributed by atoms with Crippen LogP contribution < -0.4 is 11.3 Å². The van der Waals surface area contributed by atoms with Crippen molar-refractivity contribution in [1.82, 2.24) is 20.6 Å². The monoisotopic (exact) mass is 241 g/mol. The fourth-order valence-corrected chi connectivity index (χ4v) is 1.56. The van der Waals surface area contributed by atoms with E-state index in [0.717, 1.165) is 0 Å². The average Bonchev–Trinajstić information content (AvgIpc) is 2.75. The van der Waals surface area contributed by atoms with Crippen LogP contribution in [0.1, 0.15) is 17.4 Å². The summed E-state index contributed by atoms with van der Waals surface area (Å²) < 4.78 is 13.6. The van der Waals surface area contributed by atoms with Gasteiger partial charge in [-0.2, -0.15) is 5.10 Å². The zero-order valence-corrected chi connectivity index (χ0v) is 8.87. The van der Waals surface area contributed by atoms with Crippen molar-refractivity contribution >= 4 is 11.6 Å². The number of benzene rings is 1. The third-order valence-electron chi connectivity index (χ3n) is 2.15. The second-order valence-electron chi connectivity index (χ2n) is 3.14. The molecule has 0 amide bonds. The zero-order chi connectivity index (χ0) is 11.5. The number of nitrogens with zero attached hydrogens (tertiary/aromatic N) is 2. The van der Waals surface area contributed by atoms with E-state index >= 15 is 0 Å². The average molecular weight is 242 g/mol. The van der Waals surface area contributed by atoms with Crippen LogP contribution in [-0.2, 0) is 0 Å². The van der Waals surface area contributed by atoms with Crippen molar-refractivity contribution in [3.8, 4) is 0 Å². The van der Waals surface area contributed by atoms with Gasteiger partial charge in [-0.15, -0.1) is 0 Å². The SMILES string of the molecule is NNC(c1ncn[nH]1)c1ccc(Cl)cc1F. The van der Waals surface area contributed by atoms with Crippen LogP contribution in [0, 0.1) is 5.82 Å². The lowest BCUT2D eigenvalue weighted by Gasteiger charge is -2.14. The van der Waals surface area contributed by atoms with Gasteiger partial charge in [-0.1, -0.05) is 17.7 Å². The highest BCUT2D eigenvalue weighted by molar-refractivity contribution is 6.30. The van der Waals surface area contributed by atoms with Crippen molar-refractivity contribution in [3.63, 3.8) is 0 Å². The molecular formula is C9H9ClFN5. The van der Waals surface area contributed by atoms with E-state index < -0.39 is 11.9 Å². The van der Waals surface area contributed by atoms with Crippen molar-refractivity contribution in [2.75, 3.05) is 0 Å². The number of hydrogen-bond acceptors (Lipinski definition) is 4. The number of rotatable bonds is 3. The van der Waals surface area contributed by atoms with E-state index in [1.165, 1.54) is 12.4 Å². The van der Waals surface area contributed by atoms with E-state index in [1.807, 2.05) is 0 Å². The van der Waals surface area contributed by atoms with Crippen LogP contribution in [0.2, 0.25) is 5.02 Å². The summed E-state index contributed by atoms with van der Waals surface area (Å²) in [6, 6.07) is 3.77. The van der Waals surface area contributed by atoms with E-state index in [9.17, 15) is 4.39 Å². The number of nitrogens with two attached hydrogens (primary N) is 1. The summed E-state index contributed by atoms with van der Waals surface area (Å²) in [6.07, 6.45) is 1.33. The third kappa shape index (κ3) is 2.04. The molecule has 5 nitrogen and oxygen atoms in total. The lowest BCUT2D eigenvalue weighted by molar-refractivity contribution is 0.545. The van der Waals surface area contributed by atoms with Gasteiger partial charge in [0.25, 0.3) is 0 Å². The molecule has 0 radical (unpaired) electrons. The summed E-state index contributed by atoms with van der Waals surface area (Å²) in [5, 5.41) is 6.64. The molecule has 16 heavy (non-hydrogen) atoms. The van der Waals surface area contributed by atoms with Crippen LogP contribution in [-0.4, -0.2) is 15.2 Å². The highest BCUT2D eigenvalue weighted by Crippen LogP contribution is 2.23. The second kappa shape index (κ2) is 4.56. The number of aromatic nitrogens is 3. The van der Waals surface area contributed by atoms with Crippen LogP contribution in [0.5, 0.6) is 0 Å². The highest BCUT2D eigenvalue weighted by atomic mass is 35.5. The van der Waals surface area contributed by atoms with E-state index in [-0.39, 0.29) is 0 Å². The maximum absolute atomic E-state index is 13.6. The molecule has 2 aromatic rings. The molecule has 0 aliphatic rings. The Morgan fingerprint density at radius 3 is 2.88 bits per heavy atom. The number of halogens is 2. The number of nitrogens with one attached hydrogen (secondary N) is 2. The van der Waals surface area contributed by atoms with Gasteiger partial charge in [0, 0.05) is 10.6 Å². The predicted octanol–water partition coefficient (Wildman–Crippen LogP) is 1.15. The van der Waals surface area contributed by atoms with Crippen molar-refractivity contribution in [2.45, 2.75) is 6.04 Å². The van der Waals surface area contributed by atoms with Gasteiger partial charge in [-0.05, 0) is 12.1 Å². The smallest absolute Gasteiger partial charge is 0.147 e. The summed E-state index contributed by atoms with van der Waals surface area (Å²) in [5.74, 6) is 5.35. The molecule has 1 aromatic carbocycles. The number of H-pyrrole nitrogens is 1. The molecule has 0 saturated carbocycles. The van der Waals surface area contributed by atoms with Crippen LogP contribution in [0.3, 0.4) is 0 Å². The maximum atomic E-state index is 13.6. The van der Waals surface area contributed by atoms with Crippen molar-refractivity contribution in [1.29, 1.82) is 0 Å². The van der Waals surface area contributed by atoms with Crippen molar-refractivity contribution in [2.24, 2.45) is 5.84 Å².